The van der Waals surface area contributed by atoms with Gasteiger partial charge in [-0.1, -0.05) is 115 Å². The van der Waals surface area contributed by atoms with E-state index in [1.165, 1.54) is 42.1 Å². The van der Waals surface area contributed by atoms with Crippen LogP contribution in [0.25, 0.3) is 0 Å². The van der Waals surface area contributed by atoms with Gasteiger partial charge in [0.05, 0.1) is 0 Å². The molecule has 0 amide bonds. The Morgan fingerprint density at radius 1 is 0.475 bits per heavy atom. The van der Waals surface area contributed by atoms with Crippen molar-refractivity contribution in [1.29, 1.82) is 0 Å². The maximum absolute atomic E-state index is 6.65. The minimum atomic E-state index is -0.246. The molecule has 1 rings (SSSR count). The van der Waals surface area contributed by atoms with E-state index in [0.717, 1.165) is 19.3 Å². The fraction of sp³-hybridized carbons (Fsp3) is 0.838. The zero-order valence-electron chi connectivity index (χ0n) is 30.9. The number of benzene rings is 1. The topological polar surface area (TPSA) is 78.1 Å². The highest BCUT2D eigenvalue weighted by atomic mass is 14.7. The predicted octanol–water partition coefficient (Wildman–Crippen LogP) is 9.89. The molecule has 1 aromatic carbocycles. The Bertz CT molecular complexity index is 882. The Balaban J connectivity index is 0. The Labute approximate surface area is 253 Å². The Hall–Kier alpha value is -0.900. The first kappa shape index (κ1) is 41.2. The van der Waals surface area contributed by atoms with Crippen LogP contribution in [-0.4, -0.2) is 18.1 Å². The van der Waals surface area contributed by atoms with Crippen LogP contribution < -0.4 is 17.2 Å². The lowest BCUT2D eigenvalue weighted by Gasteiger charge is -2.44. The second-order valence-corrected chi connectivity index (χ2v) is 17.3. The van der Waals surface area contributed by atoms with Crippen LogP contribution in [0.2, 0.25) is 0 Å². The van der Waals surface area contributed by atoms with Gasteiger partial charge in [0.25, 0.3) is 0 Å². The average molecular weight is 562 g/mol. The standard InChI is InChI=1S/C34H64N2.C2H6.CH5N/c1-17-18-29(5,6)24-19-26(30(7,8)21-28(2,3)4)27(32(11,12)23-34(15,16)36)20-25(24)31(9,10)22-33(13,14)35;2*1-2/h19-20H,17-18,21-23,35-36H2,1-16H3;1-2H3;2H2,1H3. The molecule has 238 valence electrons. The molecular weight excluding hydrogens is 486 g/mol. The largest absolute Gasteiger partial charge is 0.333 e. The first-order valence-electron chi connectivity index (χ1n) is 16.0. The maximum atomic E-state index is 6.65. The van der Waals surface area contributed by atoms with Gasteiger partial charge in [-0.2, -0.15) is 0 Å². The van der Waals surface area contributed by atoms with E-state index < -0.39 is 0 Å². The van der Waals surface area contributed by atoms with Crippen molar-refractivity contribution in [3.63, 3.8) is 0 Å². The smallest absolute Gasteiger partial charge is 0.0105 e. The van der Waals surface area contributed by atoms with Crippen LogP contribution in [0.1, 0.15) is 179 Å². The normalized spacial score (nSPS) is 13.8. The lowest BCUT2D eigenvalue weighted by atomic mass is 9.61. The minimum absolute atomic E-state index is 0.0381. The second kappa shape index (κ2) is 14.5. The highest BCUT2D eigenvalue weighted by molar-refractivity contribution is 5.50. The van der Waals surface area contributed by atoms with Crippen molar-refractivity contribution in [2.75, 3.05) is 7.05 Å². The van der Waals surface area contributed by atoms with E-state index in [2.05, 4.69) is 129 Å². The summed E-state index contributed by atoms with van der Waals surface area (Å²) in [5, 5.41) is 0. The summed E-state index contributed by atoms with van der Waals surface area (Å²) in [6.45, 7) is 41.4. The molecule has 0 atom stereocenters. The van der Waals surface area contributed by atoms with Gasteiger partial charge < -0.3 is 17.2 Å². The molecule has 0 bridgehead atoms. The molecule has 0 aliphatic heterocycles. The molecule has 0 aliphatic rings. The van der Waals surface area contributed by atoms with Crippen molar-refractivity contribution < 1.29 is 0 Å². The van der Waals surface area contributed by atoms with E-state index in [1.54, 1.807) is 0 Å². The number of rotatable bonds is 11. The molecule has 0 aromatic heterocycles. The second-order valence-electron chi connectivity index (χ2n) is 17.3. The van der Waals surface area contributed by atoms with Gasteiger partial charge in [0.15, 0.2) is 0 Å². The van der Waals surface area contributed by atoms with Crippen molar-refractivity contribution in [2.24, 2.45) is 22.6 Å². The van der Waals surface area contributed by atoms with Gasteiger partial charge in [-0.3, -0.25) is 0 Å². The summed E-state index contributed by atoms with van der Waals surface area (Å²) in [7, 11) is 1.50. The van der Waals surface area contributed by atoms with Crippen LogP contribution in [0.5, 0.6) is 0 Å². The van der Waals surface area contributed by atoms with E-state index in [4.69, 9.17) is 11.5 Å². The van der Waals surface area contributed by atoms with E-state index in [0.29, 0.717) is 0 Å². The fourth-order valence-electron chi connectivity index (χ4n) is 7.49. The molecule has 0 spiro atoms. The molecule has 0 aliphatic carbocycles. The summed E-state index contributed by atoms with van der Waals surface area (Å²) in [6, 6.07) is 5.20. The monoisotopic (exact) mass is 562 g/mol. The Kier molecular flexibility index (Phi) is 15.0. The molecule has 3 nitrogen and oxygen atoms in total. The summed E-state index contributed by atoms with van der Waals surface area (Å²) in [5.74, 6) is 0. The van der Waals surface area contributed by atoms with Gasteiger partial charge >= 0.3 is 0 Å². The molecule has 0 radical (unpaired) electrons. The number of nitrogens with two attached hydrogens (primary N) is 3. The first-order valence-corrected chi connectivity index (χ1v) is 16.0. The van der Waals surface area contributed by atoms with Crippen molar-refractivity contribution in [2.45, 2.75) is 189 Å². The molecule has 0 saturated carbocycles. The van der Waals surface area contributed by atoms with E-state index >= 15 is 0 Å². The number of hydrogen-bond acceptors (Lipinski definition) is 3. The van der Waals surface area contributed by atoms with Gasteiger partial charge in [-0.05, 0) is 110 Å². The predicted molar refractivity (Wildman–Crippen MR) is 185 cm³/mol. The Morgan fingerprint density at radius 3 is 0.950 bits per heavy atom. The molecule has 3 heteroatoms. The summed E-state index contributed by atoms with van der Waals surface area (Å²) in [4.78, 5) is 0. The van der Waals surface area contributed by atoms with Crippen LogP contribution >= 0.6 is 0 Å². The van der Waals surface area contributed by atoms with Gasteiger partial charge in [-0.15, -0.1) is 0 Å². The highest BCUT2D eigenvalue weighted by Crippen LogP contribution is 2.48. The van der Waals surface area contributed by atoms with Gasteiger partial charge in [0, 0.05) is 11.1 Å². The quantitative estimate of drug-likeness (QED) is 0.251. The molecule has 40 heavy (non-hydrogen) atoms. The zero-order chi connectivity index (χ0) is 32.8. The van der Waals surface area contributed by atoms with Crippen molar-refractivity contribution in [1.82, 2.24) is 0 Å². The van der Waals surface area contributed by atoms with Crippen LogP contribution in [-0.2, 0) is 21.7 Å². The number of hydrogen-bond donors (Lipinski definition) is 3. The SMILES string of the molecule is CC.CCCC(C)(C)c1cc(C(C)(C)CC(C)(C)C)c(C(C)(C)CC(C)(C)N)cc1C(C)(C)CC(C)(C)N.CN. The van der Waals surface area contributed by atoms with Crippen molar-refractivity contribution in [3.8, 4) is 0 Å². The zero-order valence-corrected chi connectivity index (χ0v) is 30.9. The molecule has 6 N–H and O–H groups in total. The van der Waals surface area contributed by atoms with Crippen molar-refractivity contribution >= 4 is 0 Å². The summed E-state index contributed by atoms with van der Waals surface area (Å²) in [6.07, 6.45) is 5.33. The summed E-state index contributed by atoms with van der Waals surface area (Å²) in [5.41, 5.74) is 23.5. The molecule has 0 saturated heterocycles. The average Bonchev–Trinajstić information content (AvgIpc) is 2.70. The van der Waals surface area contributed by atoms with Crippen molar-refractivity contribution in [3.05, 3.63) is 34.4 Å². The van der Waals surface area contributed by atoms with E-state index in [-0.39, 0.29) is 38.2 Å². The van der Waals surface area contributed by atoms with Crippen LogP contribution in [0.3, 0.4) is 0 Å². The maximum Gasteiger partial charge on any atom is 0.0105 e. The Morgan fingerprint density at radius 2 is 0.725 bits per heavy atom. The highest BCUT2D eigenvalue weighted by Gasteiger charge is 2.40. The lowest BCUT2D eigenvalue weighted by molar-refractivity contribution is 0.275. The first-order chi connectivity index (χ1) is 17.6. The third-order valence-corrected chi connectivity index (χ3v) is 7.72. The third-order valence-electron chi connectivity index (χ3n) is 7.72. The molecule has 0 fully saturated rings. The third kappa shape index (κ3) is 13.0. The fourth-order valence-corrected chi connectivity index (χ4v) is 7.49. The van der Waals surface area contributed by atoms with Crippen LogP contribution in [0.4, 0.5) is 0 Å². The molecular formula is C37H75N3. The van der Waals surface area contributed by atoms with Crippen LogP contribution in [0, 0.1) is 5.41 Å². The minimum Gasteiger partial charge on any atom is -0.333 e. The molecule has 0 unspecified atom stereocenters. The summed E-state index contributed by atoms with van der Waals surface area (Å²) >= 11 is 0. The van der Waals surface area contributed by atoms with E-state index in [9.17, 15) is 0 Å². The van der Waals surface area contributed by atoms with Gasteiger partial charge in [0.1, 0.15) is 0 Å². The lowest BCUT2D eigenvalue weighted by Crippen LogP contribution is -2.42. The molecule has 0 heterocycles. The summed E-state index contributed by atoms with van der Waals surface area (Å²) < 4.78 is 0. The van der Waals surface area contributed by atoms with Gasteiger partial charge in [0.2, 0.25) is 0 Å². The van der Waals surface area contributed by atoms with E-state index in [1.807, 2.05) is 13.8 Å². The van der Waals surface area contributed by atoms with Gasteiger partial charge in [-0.25, -0.2) is 0 Å². The van der Waals surface area contributed by atoms with Crippen LogP contribution in [0.15, 0.2) is 12.1 Å². The molecule has 1 aromatic rings.